The van der Waals surface area contributed by atoms with Gasteiger partial charge in [-0.25, -0.2) is 9.69 Å². The van der Waals surface area contributed by atoms with Crippen LogP contribution in [0.3, 0.4) is 0 Å². The number of carbonyl (C=O) groups is 2. The van der Waals surface area contributed by atoms with Crippen molar-refractivity contribution in [1.82, 2.24) is 4.90 Å². The zero-order valence-electron chi connectivity index (χ0n) is 18.6. The number of nitrogens with zero attached hydrogens (tertiary/aromatic N) is 1. The highest BCUT2D eigenvalue weighted by Gasteiger charge is 2.35. The van der Waals surface area contributed by atoms with Gasteiger partial charge < -0.3 is 10.1 Å². The number of rotatable bonds is 5. The predicted octanol–water partition coefficient (Wildman–Crippen LogP) is 5.94. The Kier molecular flexibility index (Phi) is 5.69. The lowest BCUT2D eigenvalue weighted by atomic mass is 9.98. The minimum Gasteiger partial charge on any atom is -0.448 e. The standard InChI is InChI=1S/C28H26N2O3/c1-2-26(29-19-10-4-3-5-11-19)24-16-17-30(27(24)31)28(32)33-18-25-22-14-8-6-12-20(22)21-13-7-9-15-23(21)25/h3-15,25,29H,2,16-18H2,1H3/b26-24-. The van der Waals surface area contributed by atoms with Gasteiger partial charge in [-0.1, -0.05) is 73.7 Å². The molecule has 166 valence electrons. The van der Waals surface area contributed by atoms with Gasteiger partial charge in [0, 0.05) is 29.4 Å². The highest BCUT2D eigenvalue weighted by Crippen LogP contribution is 2.44. The Balaban J connectivity index is 1.30. The van der Waals surface area contributed by atoms with Gasteiger partial charge in [0.1, 0.15) is 6.61 Å². The van der Waals surface area contributed by atoms with Crippen molar-refractivity contribution in [2.24, 2.45) is 0 Å². The number of anilines is 1. The van der Waals surface area contributed by atoms with E-state index in [1.54, 1.807) is 0 Å². The second-order valence-corrected chi connectivity index (χ2v) is 8.31. The summed E-state index contributed by atoms with van der Waals surface area (Å²) >= 11 is 0. The molecule has 1 N–H and O–H groups in total. The van der Waals surface area contributed by atoms with Crippen molar-refractivity contribution in [1.29, 1.82) is 0 Å². The lowest BCUT2D eigenvalue weighted by molar-refractivity contribution is -0.123. The summed E-state index contributed by atoms with van der Waals surface area (Å²) in [6, 6.07) is 26.2. The van der Waals surface area contributed by atoms with Gasteiger partial charge >= 0.3 is 6.09 Å². The molecule has 0 spiro atoms. The normalized spacial score (nSPS) is 16.4. The maximum Gasteiger partial charge on any atom is 0.416 e. The number of hydrogen-bond acceptors (Lipinski definition) is 4. The first kappa shape index (κ1) is 21.0. The number of para-hydroxylation sites is 1. The summed E-state index contributed by atoms with van der Waals surface area (Å²) < 4.78 is 5.70. The fourth-order valence-corrected chi connectivity index (χ4v) is 4.79. The highest BCUT2D eigenvalue weighted by molar-refractivity contribution is 6.05. The first-order valence-electron chi connectivity index (χ1n) is 11.4. The van der Waals surface area contributed by atoms with Gasteiger partial charge in [0.15, 0.2) is 0 Å². The van der Waals surface area contributed by atoms with E-state index in [0.29, 0.717) is 25.0 Å². The third-order valence-electron chi connectivity index (χ3n) is 6.43. The molecular weight excluding hydrogens is 412 g/mol. The number of allylic oxidation sites excluding steroid dienone is 1. The molecule has 1 heterocycles. The lowest BCUT2D eigenvalue weighted by Crippen LogP contribution is -2.34. The van der Waals surface area contributed by atoms with Crippen LogP contribution >= 0.6 is 0 Å². The zero-order chi connectivity index (χ0) is 22.8. The van der Waals surface area contributed by atoms with Crippen molar-refractivity contribution in [3.05, 3.63) is 101 Å². The molecule has 5 heteroatoms. The summed E-state index contributed by atoms with van der Waals surface area (Å²) in [5.74, 6) is -0.299. The number of imide groups is 1. The van der Waals surface area contributed by atoms with Crippen LogP contribution in [0.15, 0.2) is 90.1 Å². The van der Waals surface area contributed by atoms with Crippen LogP contribution in [0, 0.1) is 0 Å². The SMILES string of the molecule is CC/C(Nc1ccccc1)=C1\CCN(C(=O)OCC2c3ccccc3-c3ccccc32)C1=O. The number of hydrogen-bond donors (Lipinski definition) is 1. The Morgan fingerprint density at radius 1 is 0.939 bits per heavy atom. The molecule has 5 nitrogen and oxygen atoms in total. The fourth-order valence-electron chi connectivity index (χ4n) is 4.79. The van der Waals surface area contributed by atoms with E-state index in [0.717, 1.165) is 22.5 Å². The summed E-state index contributed by atoms with van der Waals surface area (Å²) in [4.78, 5) is 27.2. The summed E-state index contributed by atoms with van der Waals surface area (Å²) in [7, 11) is 0. The van der Waals surface area contributed by atoms with E-state index in [9.17, 15) is 9.59 Å². The Morgan fingerprint density at radius 2 is 1.55 bits per heavy atom. The highest BCUT2D eigenvalue weighted by atomic mass is 16.6. The molecule has 0 radical (unpaired) electrons. The smallest absolute Gasteiger partial charge is 0.416 e. The molecule has 1 aliphatic heterocycles. The molecule has 0 saturated carbocycles. The van der Waals surface area contributed by atoms with Crippen LogP contribution in [0.4, 0.5) is 10.5 Å². The number of fused-ring (bicyclic) bond motifs is 3. The number of benzene rings is 3. The Labute approximate surface area is 193 Å². The van der Waals surface area contributed by atoms with E-state index in [4.69, 9.17) is 4.74 Å². The first-order chi connectivity index (χ1) is 16.2. The summed E-state index contributed by atoms with van der Waals surface area (Å²) in [6.07, 6.45) is 0.618. The van der Waals surface area contributed by atoms with Gasteiger partial charge in [-0.3, -0.25) is 4.79 Å². The average Bonchev–Trinajstić information content (AvgIpc) is 3.40. The van der Waals surface area contributed by atoms with E-state index in [-0.39, 0.29) is 18.4 Å². The van der Waals surface area contributed by atoms with Crippen molar-refractivity contribution >= 4 is 17.7 Å². The van der Waals surface area contributed by atoms with E-state index in [1.165, 1.54) is 16.0 Å². The van der Waals surface area contributed by atoms with E-state index >= 15 is 0 Å². The summed E-state index contributed by atoms with van der Waals surface area (Å²) in [5, 5.41) is 3.34. The molecular formula is C28H26N2O3. The van der Waals surface area contributed by atoms with E-state index in [2.05, 4.69) is 29.6 Å². The Morgan fingerprint density at radius 3 is 2.18 bits per heavy atom. The second-order valence-electron chi connectivity index (χ2n) is 8.31. The van der Waals surface area contributed by atoms with E-state index < -0.39 is 6.09 Å². The molecule has 3 aromatic carbocycles. The van der Waals surface area contributed by atoms with Crippen LogP contribution in [0.25, 0.3) is 11.1 Å². The Hall–Kier alpha value is -3.86. The Bertz CT molecular complexity index is 1190. The third-order valence-corrected chi connectivity index (χ3v) is 6.43. The van der Waals surface area contributed by atoms with E-state index in [1.807, 2.05) is 61.5 Å². The molecule has 1 fully saturated rings. The molecule has 1 aliphatic carbocycles. The van der Waals surface area contributed by atoms with Gasteiger partial charge in [-0.05, 0) is 47.2 Å². The van der Waals surface area contributed by atoms with Crippen LogP contribution in [0.1, 0.15) is 36.8 Å². The number of carbonyl (C=O) groups excluding carboxylic acids is 2. The molecule has 0 unspecified atom stereocenters. The van der Waals surface area contributed by atoms with Crippen molar-refractivity contribution in [2.45, 2.75) is 25.7 Å². The molecule has 0 atom stereocenters. The maximum absolute atomic E-state index is 13.1. The molecule has 0 aromatic heterocycles. The first-order valence-corrected chi connectivity index (χ1v) is 11.4. The van der Waals surface area contributed by atoms with Crippen LogP contribution in [-0.2, 0) is 9.53 Å². The van der Waals surface area contributed by atoms with Crippen LogP contribution in [0.2, 0.25) is 0 Å². The van der Waals surface area contributed by atoms with Crippen molar-refractivity contribution in [3.8, 4) is 11.1 Å². The molecule has 0 bridgehead atoms. The molecule has 5 rings (SSSR count). The van der Waals surface area contributed by atoms with Gasteiger partial charge in [-0.15, -0.1) is 0 Å². The average molecular weight is 439 g/mol. The van der Waals surface area contributed by atoms with Gasteiger partial charge in [0.25, 0.3) is 5.91 Å². The monoisotopic (exact) mass is 438 g/mol. The predicted molar refractivity (Wildman–Crippen MR) is 129 cm³/mol. The molecule has 33 heavy (non-hydrogen) atoms. The van der Waals surface area contributed by atoms with Gasteiger partial charge in [0.05, 0.1) is 0 Å². The van der Waals surface area contributed by atoms with Crippen molar-refractivity contribution in [3.63, 3.8) is 0 Å². The number of ether oxygens (including phenoxy) is 1. The summed E-state index contributed by atoms with van der Waals surface area (Å²) in [5.41, 5.74) is 7.08. The third kappa shape index (κ3) is 3.91. The molecule has 3 aromatic rings. The van der Waals surface area contributed by atoms with Gasteiger partial charge in [0.2, 0.25) is 0 Å². The number of nitrogens with one attached hydrogen (secondary N) is 1. The molecule has 1 saturated heterocycles. The van der Waals surface area contributed by atoms with Crippen LogP contribution in [-0.4, -0.2) is 30.1 Å². The lowest BCUT2D eigenvalue weighted by Gasteiger charge is -2.18. The van der Waals surface area contributed by atoms with Crippen LogP contribution < -0.4 is 5.32 Å². The zero-order valence-corrected chi connectivity index (χ0v) is 18.6. The van der Waals surface area contributed by atoms with Crippen molar-refractivity contribution in [2.75, 3.05) is 18.5 Å². The minimum absolute atomic E-state index is 0.0278. The molecule has 2 amide bonds. The fraction of sp³-hybridized carbons (Fsp3) is 0.214. The van der Waals surface area contributed by atoms with Crippen LogP contribution in [0.5, 0.6) is 0 Å². The summed E-state index contributed by atoms with van der Waals surface area (Å²) in [6.45, 7) is 2.55. The largest absolute Gasteiger partial charge is 0.448 e. The number of likely N-dealkylation sites (tertiary alicyclic amines) is 1. The second kappa shape index (κ2) is 8.94. The maximum atomic E-state index is 13.1. The number of amides is 2. The minimum atomic E-state index is -0.577. The molecule has 2 aliphatic rings. The quantitative estimate of drug-likeness (QED) is 0.501. The topological polar surface area (TPSA) is 58.6 Å². The van der Waals surface area contributed by atoms with Crippen molar-refractivity contribution < 1.29 is 14.3 Å². The van der Waals surface area contributed by atoms with Gasteiger partial charge in [-0.2, -0.15) is 0 Å².